The van der Waals surface area contributed by atoms with Gasteiger partial charge in [-0.1, -0.05) is 72.9 Å². The van der Waals surface area contributed by atoms with Crippen molar-refractivity contribution in [2.75, 3.05) is 13.1 Å². The number of hydrogen-bond donors (Lipinski definition) is 1. The quantitative estimate of drug-likeness (QED) is 0.445. The van der Waals surface area contributed by atoms with Crippen LogP contribution in [0.2, 0.25) is 0 Å². The molecule has 1 saturated heterocycles. The molecule has 2 heterocycles. The molecule has 1 aromatic carbocycles. The van der Waals surface area contributed by atoms with Crippen LogP contribution in [-0.2, 0) is 9.59 Å². The van der Waals surface area contributed by atoms with Crippen molar-refractivity contribution in [2.45, 2.75) is 57.9 Å². The van der Waals surface area contributed by atoms with E-state index in [0.717, 1.165) is 36.1 Å². The maximum Gasteiger partial charge on any atom is 0.231 e. The fourth-order valence-corrected chi connectivity index (χ4v) is 6.69. The van der Waals surface area contributed by atoms with Gasteiger partial charge in [0, 0.05) is 31.3 Å². The molecule has 202 valence electrons. The van der Waals surface area contributed by atoms with Crippen LogP contribution < -0.4 is 5.32 Å². The minimum Gasteiger partial charge on any atom is -0.353 e. The van der Waals surface area contributed by atoms with Gasteiger partial charge in [0.15, 0.2) is 0 Å². The standard InChI is InChI=1S/C34H39N3O2/c1-24(20-25-8-4-2-5-9-25)36-33(39)34(30-14-12-27-21-29(27)22-30)16-18-37(19-17-34)32(38)28-13-15-31(35-23-28)26-10-6-3-7-11-26/h2-4,6-7,10-12,14-15,21-25,28-29H,5,8-9,13,16-20H2,1H3,(H,36,39)/t24-,25?,28?,29?/m0/s1. The van der Waals surface area contributed by atoms with Gasteiger partial charge in [-0.3, -0.25) is 14.6 Å². The van der Waals surface area contributed by atoms with Crippen LogP contribution in [0.25, 0.3) is 5.70 Å². The molecule has 5 heteroatoms. The van der Waals surface area contributed by atoms with E-state index in [1.54, 1.807) is 0 Å². The second-order valence-corrected chi connectivity index (χ2v) is 11.9. The zero-order chi connectivity index (χ0) is 26.8. The second-order valence-electron chi connectivity index (χ2n) is 11.9. The molecule has 2 amide bonds. The lowest BCUT2D eigenvalue weighted by atomic mass is 9.69. The molecular formula is C34H39N3O2. The van der Waals surface area contributed by atoms with Crippen molar-refractivity contribution in [3.8, 4) is 0 Å². The van der Waals surface area contributed by atoms with E-state index in [9.17, 15) is 9.59 Å². The van der Waals surface area contributed by atoms with Crippen LogP contribution in [0.1, 0.15) is 57.4 Å². The van der Waals surface area contributed by atoms with Crippen LogP contribution in [-0.4, -0.2) is 42.1 Å². The number of nitrogens with one attached hydrogen (secondary N) is 1. The lowest BCUT2D eigenvalue weighted by Gasteiger charge is -2.43. The van der Waals surface area contributed by atoms with Crippen LogP contribution in [0.5, 0.6) is 0 Å². The fourth-order valence-electron chi connectivity index (χ4n) is 6.69. The monoisotopic (exact) mass is 521 g/mol. The summed E-state index contributed by atoms with van der Waals surface area (Å²) in [5.41, 5.74) is 3.88. The summed E-state index contributed by atoms with van der Waals surface area (Å²) in [7, 11) is 0. The normalized spacial score (nSPS) is 27.6. The topological polar surface area (TPSA) is 61.8 Å². The number of carbonyl (C=O) groups excluding carboxylic acids is 2. The van der Waals surface area contributed by atoms with Gasteiger partial charge < -0.3 is 10.2 Å². The number of amides is 2. The van der Waals surface area contributed by atoms with Crippen molar-refractivity contribution < 1.29 is 9.59 Å². The number of hydrogen-bond acceptors (Lipinski definition) is 3. The highest BCUT2D eigenvalue weighted by Crippen LogP contribution is 2.46. The Morgan fingerprint density at radius 1 is 1.08 bits per heavy atom. The van der Waals surface area contributed by atoms with Gasteiger partial charge in [0.25, 0.3) is 0 Å². The molecule has 1 aromatic rings. The minimum atomic E-state index is -0.586. The third-order valence-electron chi connectivity index (χ3n) is 9.17. The average Bonchev–Trinajstić information content (AvgIpc) is 3.77. The van der Waals surface area contributed by atoms with E-state index < -0.39 is 5.41 Å². The van der Waals surface area contributed by atoms with E-state index in [4.69, 9.17) is 0 Å². The number of piperidine rings is 1. The number of allylic oxidation sites excluding steroid dienone is 8. The molecule has 1 fully saturated rings. The molecule has 4 atom stereocenters. The van der Waals surface area contributed by atoms with Crippen molar-refractivity contribution >= 4 is 23.7 Å². The number of rotatable bonds is 7. The van der Waals surface area contributed by atoms with Gasteiger partial charge in [0.2, 0.25) is 11.8 Å². The molecule has 2 aliphatic heterocycles. The Labute approximate surface area is 232 Å². The van der Waals surface area contributed by atoms with Gasteiger partial charge in [-0.2, -0.15) is 0 Å². The number of fused-ring (bicyclic) bond motifs is 1. The Kier molecular flexibility index (Phi) is 7.24. The summed E-state index contributed by atoms with van der Waals surface area (Å²) in [6, 6.07) is 10.2. The maximum atomic E-state index is 14.0. The smallest absolute Gasteiger partial charge is 0.231 e. The van der Waals surface area contributed by atoms with Crippen molar-refractivity contribution in [3.63, 3.8) is 0 Å². The SMILES string of the molecule is C[C@@H](CC1CC=CCC1)NC(=O)C1(C2=CC3C=C3C=C2)CCN(C(=O)C2C=NC(c3ccccc3)=CC2)CC1. The summed E-state index contributed by atoms with van der Waals surface area (Å²) in [4.78, 5) is 34.0. The van der Waals surface area contributed by atoms with Crippen molar-refractivity contribution in [1.29, 1.82) is 0 Å². The lowest BCUT2D eigenvalue weighted by Crippen LogP contribution is -2.53. The van der Waals surface area contributed by atoms with E-state index in [-0.39, 0.29) is 23.8 Å². The number of likely N-dealkylation sites (tertiary alicyclic amines) is 1. The third kappa shape index (κ3) is 5.50. The van der Waals surface area contributed by atoms with E-state index >= 15 is 0 Å². The molecule has 5 nitrogen and oxygen atoms in total. The molecule has 6 rings (SSSR count). The van der Waals surface area contributed by atoms with Gasteiger partial charge in [0.05, 0.1) is 17.0 Å². The average molecular weight is 522 g/mol. The van der Waals surface area contributed by atoms with Crippen LogP contribution in [0.4, 0.5) is 0 Å². The molecular weight excluding hydrogens is 482 g/mol. The van der Waals surface area contributed by atoms with E-state index in [1.165, 1.54) is 12.0 Å². The zero-order valence-corrected chi connectivity index (χ0v) is 22.9. The second kappa shape index (κ2) is 11.0. The first-order valence-electron chi connectivity index (χ1n) is 14.7. The van der Waals surface area contributed by atoms with Gasteiger partial charge in [-0.25, -0.2) is 0 Å². The largest absolute Gasteiger partial charge is 0.353 e. The Bertz CT molecular complexity index is 1290. The van der Waals surface area contributed by atoms with Crippen molar-refractivity contribution in [3.05, 3.63) is 89.6 Å². The maximum absolute atomic E-state index is 14.0. The number of nitrogens with zero attached hydrogens (tertiary/aromatic N) is 2. The van der Waals surface area contributed by atoms with Gasteiger partial charge >= 0.3 is 0 Å². The third-order valence-corrected chi connectivity index (χ3v) is 9.17. The van der Waals surface area contributed by atoms with Crippen LogP contribution in [0, 0.1) is 23.2 Å². The first-order chi connectivity index (χ1) is 19.0. The highest BCUT2D eigenvalue weighted by atomic mass is 16.2. The van der Waals surface area contributed by atoms with Gasteiger partial charge in [0.1, 0.15) is 0 Å². The predicted octanol–water partition coefficient (Wildman–Crippen LogP) is 6.03. The van der Waals surface area contributed by atoms with E-state index in [0.29, 0.717) is 44.2 Å². The molecule has 0 saturated carbocycles. The van der Waals surface area contributed by atoms with Crippen molar-refractivity contribution in [1.82, 2.24) is 10.2 Å². The number of benzene rings is 1. The van der Waals surface area contributed by atoms with Crippen molar-refractivity contribution in [2.24, 2.45) is 28.2 Å². The van der Waals surface area contributed by atoms with Gasteiger partial charge in [-0.05, 0) is 74.5 Å². The van der Waals surface area contributed by atoms with Crippen LogP contribution in [0.15, 0.2) is 89.0 Å². The van der Waals surface area contributed by atoms with Crippen LogP contribution in [0.3, 0.4) is 0 Å². The fraction of sp³-hybridized carbons (Fsp3) is 0.441. The summed E-state index contributed by atoms with van der Waals surface area (Å²) < 4.78 is 0. The number of aliphatic imine (C=N–C) groups is 1. The molecule has 5 aliphatic rings. The molecule has 1 N–H and O–H groups in total. The molecule has 0 spiro atoms. The molecule has 3 aliphatic carbocycles. The first-order valence-corrected chi connectivity index (χ1v) is 14.7. The summed E-state index contributed by atoms with van der Waals surface area (Å²) in [5, 5.41) is 3.40. The van der Waals surface area contributed by atoms with E-state index in [2.05, 4.69) is 59.8 Å². The van der Waals surface area contributed by atoms with Gasteiger partial charge in [-0.15, -0.1) is 0 Å². The summed E-state index contributed by atoms with van der Waals surface area (Å²) in [6.07, 6.45) is 23.7. The first kappa shape index (κ1) is 25.8. The Hall–Kier alpha value is -3.47. The molecule has 39 heavy (non-hydrogen) atoms. The molecule has 0 radical (unpaired) electrons. The Morgan fingerprint density at radius 3 is 2.59 bits per heavy atom. The Balaban J connectivity index is 1.11. The summed E-state index contributed by atoms with van der Waals surface area (Å²) in [5.74, 6) is 1.03. The summed E-state index contributed by atoms with van der Waals surface area (Å²) in [6.45, 7) is 3.32. The molecule has 3 unspecified atom stereocenters. The molecule has 0 aromatic heterocycles. The molecule has 0 bridgehead atoms. The zero-order valence-electron chi connectivity index (χ0n) is 22.9. The highest BCUT2D eigenvalue weighted by molar-refractivity contribution is 5.97. The minimum absolute atomic E-state index is 0.120. The Morgan fingerprint density at radius 2 is 1.90 bits per heavy atom. The lowest BCUT2D eigenvalue weighted by molar-refractivity contribution is -0.140. The highest BCUT2D eigenvalue weighted by Gasteiger charge is 2.46. The van der Waals surface area contributed by atoms with E-state index in [1.807, 2.05) is 41.4 Å². The summed E-state index contributed by atoms with van der Waals surface area (Å²) >= 11 is 0. The number of carbonyl (C=O) groups is 2. The predicted molar refractivity (Wildman–Crippen MR) is 157 cm³/mol. The van der Waals surface area contributed by atoms with Crippen LogP contribution >= 0.6 is 0 Å².